The van der Waals surface area contributed by atoms with Gasteiger partial charge in [0, 0.05) is 31.4 Å². The number of esters is 1. The minimum Gasteiger partial charge on any atom is -0.469 e. The molecule has 0 saturated heterocycles. The number of amides is 1. The lowest BCUT2D eigenvalue weighted by molar-refractivity contribution is -0.144. The lowest BCUT2D eigenvalue weighted by atomic mass is 10.1. The van der Waals surface area contributed by atoms with Crippen molar-refractivity contribution in [1.29, 1.82) is 0 Å². The molecule has 0 aromatic carbocycles. The first kappa shape index (κ1) is 16.1. The molecule has 20 heavy (non-hydrogen) atoms. The summed E-state index contributed by atoms with van der Waals surface area (Å²) >= 11 is 0. The van der Waals surface area contributed by atoms with Crippen molar-refractivity contribution in [1.82, 2.24) is 9.88 Å². The summed E-state index contributed by atoms with van der Waals surface area (Å²) in [7, 11) is 1.33. The number of nitrogens with zero attached hydrogens (tertiary/aromatic N) is 2. The summed E-state index contributed by atoms with van der Waals surface area (Å²) in [5.74, 6) is -0.382. The van der Waals surface area contributed by atoms with Gasteiger partial charge in [0.2, 0.25) is 5.91 Å². The highest BCUT2D eigenvalue weighted by atomic mass is 16.5. The van der Waals surface area contributed by atoms with Crippen LogP contribution in [0.5, 0.6) is 0 Å². The van der Waals surface area contributed by atoms with E-state index in [1.54, 1.807) is 17.3 Å². The maximum Gasteiger partial charge on any atom is 0.306 e. The van der Waals surface area contributed by atoms with Crippen LogP contribution in [0.2, 0.25) is 0 Å². The van der Waals surface area contributed by atoms with Gasteiger partial charge in [-0.2, -0.15) is 0 Å². The summed E-state index contributed by atoms with van der Waals surface area (Å²) in [6, 6.07) is 3.92. The van der Waals surface area contributed by atoms with Crippen LogP contribution in [-0.4, -0.2) is 34.9 Å². The van der Waals surface area contributed by atoms with Gasteiger partial charge in [0.1, 0.15) is 0 Å². The lowest BCUT2D eigenvalue weighted by Gasteiger charge is -2.28. The largest absolute Gasteiger partial charge is 0.469 e. The van der Waals surface area contributed by atoms with E-state index in [0.717, 1.165) is 12.0 Å². The van der Waals surface area contributed by atoms with Crippen molar-refractivity contribution in [3.8, 4) is 0 Å². The molecule has 1 heterocycles. The van der Waals surface area contributed by atoms with E-state index in [-0.39, 0.29) is 30.8 Å². The predicted molar refractivity (Wildman–Crippen MR) is 75.8 cm³/mol. The number of aromatic nitrogens is 1. The van der Waals surface area contributed by atoms with Gasteiger partial charge in [-0.1, -0.05) is 6.92 Å². The van der Waals surface area contributed by atoms with Crippen LogP contribution in [0.1, 0.15) is 38.7 Å². The molecule has 1 aromatic heterocycles. The molecule has 5 heteroatoms. The molecule has 1 aromatic rings. The van der Waals surface area contributed by atoms with E-state index in [1.165, 1.54) is 7.11 Å². The molecule has 0 radical (unpaired) electrons. The monoisotopic (exact) mass is 278 g/mol. The number of carbonyl (C=O) groups is 2. The van der Waals surface area contributed by atoms with Crippen LogP contribution in [0.4, 0.5) is 0 Å². The van der Waals surface area contributed by atoms with E-state index in [1.807, 2.05) is 26.0 Å². The highest BCUT2D eigenvalue weighted by Crippen LogP contribution is 2.13. The summed E-state index contributed by atoms with van der Waals surface area (Å²) < 4.78 is 4.57. The van der Waals surface area contributed by atoms with Crippen LogP contribution in [0, 0.1) is 0 Å². The molecule has 0 bridgehead atoms. The van der Waals surface area contributed by atoms with Crippen LogP contribution in [0.15, 0.2) is 24.5 Å². The average Bonchev–Trinajstić information content (AvgIpc) is 2.50. The van der Waals surface area contributed by atoms with Crippen LogP contribution in [-0.2, 0) is 20.9 Å². The fourth-order valence-electron chi connectivity index (χ4n) is 1.85. The summed E-state index contributed by atoms with van der Waals surface area (Å²) in [6.07, 6.45) is 4.60. The molecular weight excluding hydrogens is 256 g/mol. The number of rotatable bonds is 7. The highest BCUT2D eigenvalue weighted by Gasteiger charge is 2.20. The highest BCUT2D eigenvalue weighted by molar-refractivity contribution is 5.81. The van der Waals surface area contributed by atoms with Crippen LogP contribution >= 0.6 is 0 Å². The first-order valence-corrected chi connectivity index (χ1v) is 6.83. The van der Waals surface area contributed by atoms with Gasteiger partial charge >= 0.3 is 5.97 Å². The summed E-state index contributed by atoms with van der Waals surface area (Å²) in [4.78, 5) is 29.2. The number of pyridine rings is 1. The molecule has 0 N–H and O–H groups in total. The number of ether oxygens (including phenoxy) is 1. The van der Waals surface area contributed by atoms with Gasteiger partial charge in [-0.3, -0.25) is 14.6 Å². The standard InChI is InChI=1S/C15H22N2O3/c1-4-12(2)17(11-13-7-9-16-10-8-13)14(18)5-6-15(19)20-3/h7-10,12H,4-6,11H2,1-3H3/t12-/m0/s1. The van der Waals surface area contributed by atoms with E-state index in [4.69, 9.17) is 0 Å². The number of hydrogen-bond donors (Lipinski definition) is 0. The van der Waals surface area contributed by atoms with Crippen LogP contribution in [0.3, 0.4) is 0 Å². The van der Waals surface area contributed by atoms with Gasteiger partial charge < -0.3 is 9.64 Å². The van der Waals surface area contributed by atoms with Gasteiger partial charge in [-0.25, -0.2) is 0 Å². The maximum atomic E-state index is 12.3. The summed E-state index contributed by atoms with van der Waals surface area (Å²) in [5, 5.41) is 0. The number of carbonyl (C=O) groups excluding carboxylic acids is 2. The Morgan fingerprint density at radius 1 is 1.30 bits per heavy atom. The van der Waals surface area contributed by atoms with E-state index in [0.29, 0.717) is 6.54 Å². The van der Waals surface area contributed by atoms with Gasteiger partial charge in [0.05, 0.1) is 13.5 Å². The molecule has 1 amide bonds. The molecular formula is C15H22N2O3. The minimum atomic E-state index is -0.355. The zero-order valence-electron chi connectivity index (χ0n) is 12.3. The van der Waals surface area contributed by atoms with Crippen molar-refractivity contribution in [2.75, 3.05) is 7.11 Å². The molecule has 0 aliphatic rings. The van der Waals surface area contributed by atoms with Crippen molar-refractivity contribution in [3.05, 3.63) is 30.1 Å². The smallest absolute Gasteiger partial charge is 0.306 e. The molecule has 110 valence electrons. The molecule has 0 fully saturated rings. The Bertz CT molecular complexity index is 434. The Kier molecular flexibility index (Phi) is 6.70. The molecule has 0 spiro atoms. The van der Waals surface area contributed by atoms with E-state index in [9.17, 15) is 9.59 Å². The predicted octanol–water partition coefficient (Wildman–Crippen LogP) is 2.16. The molecule has 1 rings (SSSR count). The van der Waals surface area contributed by atoms with Gasteiger partial charge in [0.25, 0.3) is 0 Å². The number of hydrogen-bond acceptors (Lipinski definition) is 4. The number of methoxy groups -OCH3 is 1. The van der Waals surface area contributed by atoms with Crippen molar-refractivity contribution in [3.63, 3.8) is 0 Å². The zero-order chi connectivity index (χ0) is 15.0. The average molecular weight is 278 g/mol. The molecule has 0 saturated carbocycles. The van der Waals surface area contributed by atoms with Crippen molar-refractivity contribution >= 4 is 11.9 Å². The van der Waals surface area contributed by atoms with E-state index in [2.05, 4.69) is 9.72 Å². The quantitative estimate of drug-likeness (QED) is 0.717. The summed E-state index contributed by atoms with van der Waals surface area (Å²) in [5.41, 5.74) is 1.03. The first-order chi connectivity index (χ1) is 9.58. The zero-order valence-corrected chi connectivity index (χ0v) is 12.3. The fraction of sp³-hybridized carbons (Fsp3) is 0.533. The second kappa shape index (κ2) is 8.30. The second-order valence-electron chi connectivity index (χ2n) is 4.71. The molecule has 5 nitrogen and oxygen atoms in total. The first-order valence-electron chi connectivity index (χ1n) is 6.83. The molecule has 1 atom stereocenters. The van der Waals surface area contributed by atoms with Crippen molar-refractivity contribution in [2.45, 2.75) is 45.7 Å². The molecule has 0 unspecified atom stereocenters. The normalized spacial score (nSPS) is 11.8. The van der Waals surface area contributed by atoms with Gasteiger partial charge in [-0.15, -0.1) is 0 Å². The van der Waals surface area contributed by atoms with E-state index < -0.39 is 0 Å². The topological polar surface area (TPSA) is 59.5 Å². The van der Waals surface area contributed by atoms with Crippen molar-refractivity contribution < 1.29 is 14.3 Å². The van der Waals surface area contributed by atoms with Crippen LogP contribution < -0.4 is 0 Å². The fourth-order valence-corrected chi connectivity index (χ4v) is 1.85. The minimum absolute atomic E-state index is 0.0263. The SMILES string of the molecule is CC[C@H](C)N(Cc1ccncc1)C(=O)CCC(=O)OC. The third kappa shape index (κ3) is 4.99. The Labute approximate surface area is 119 Å². The van der Waals surface area contributed by atoms with Gasteiger partial charge in [-0.05, 0) is 31.0 Å². The Balaban J connectivity index is 2.69. The third-order valence-corrected chi connectivity index (χ3v) is 3.32. The van der Waals surface area contributed by atoms with Crippen LogP contribution in [0.25, 0.3) is 0 Å². The Morgan fingerprint density at radius 3 is 2.50 bits per heavy atom. The van der Waals surface area contributed by atoms with E-state index >= 15 is 0 Å². The molecule has 0 aliphatic heterocycles. The van der Waals surface area contributed by atoms with Crippen molar-refractivity contribution in [2.24, 2.45) is 0 Å². The maximum absolute atomic E-state index is 12.3. The molecule has 0 aliphatic carbocycles. The second-order valence-corrected chi connectivity index (χ2v) is 4.71. The Morgan fingerprint density at radius 2 is 1.95 bits per heavy atom. The third-order valence-electron chi connectivity index (χ3n) is 3.32. The Hall–Kier alpha value is -1.91. The summed E-state index contributed by atoms with van der Waals surface area (Å²) in [6.45, 7) is 4.59. The lowest BCUT2D eigenvalue weighted by Crippen LogP contribution is -2.38. The van der Waals surface area contributed by atoms with Gasteiger partial charge in [0.15, 0.2) is 0 Å².